The van der Waals surface area contributed by atoms with Crippen LogP contribution in [0.15, 0.2) is 29.6 Å². The van der Waals surface area contributed by atoms with E-state index in [1.165, 1.54) is 23.5 Å². The van der Waals surface area contributed by atoms with Gasteiger partial charge in [-0.15, -0.1) is 11.3 Å². The van der Waals surface area contributed by atoms with Gasteiger partial charge in [-0.25, -0.2) is 4.98 Å². The normalized spacial score (nSPS) is 17.4. The van der Waals surface area contributed by atoms with Crippen LogP contribution in [0.2, 0.25) is 0 Å². The molecule has 1 aliphatic heterocycles. The molecule has 2 aromatic rings. The molecule has 0 saturated carbocycles. The van der Waals surface area contributed by atoms with Crippen LogP contribution in [0.3, 0.4) is 0 Å². The number of hydrogen-bond acceptors (Lipinski definition) is 6. The summed E-state index contributed by atoms with van der Waals surface area (Å²) in [7, 11) is 0. The lowest BCUT2D eigenvalue weighted by atomic mass is 10.1. The molecule has 1 atom stereocenters. The lowest BCUT2D eigenvalue weighted by Crippen LogP contribution is -2.30. The highest BCUT2D eigenvalue weighted by molar-refractivity contribution is 7.13. The second-order valence-electron chi connectivity index (χ2n) is 5.49. The summed E-state index contributed by atoms with van der Waals surface area (Å²) in [6, 6.07) is 6.26. The van der Waals surface area contributed by atoms with Crippen molar-refractivity contribution >= 4 is 22.9 Å². The highest BCUT2D eigenvalue weighted by Gasteiger charge is 2.27. The van der Waals surface area contributed by atoms with E-state index >= 15 is 0 Å². The molecule has 1 aromatic carbocycles. The van der Waals surface area contributed by atoms with E-state index in [1.54, 1.807) is 22.4 Å². The van der Waals surface area contributed by atoms with E-state index in [9.17, 15) is 14.9 Å². The van der Waals surface area contributed by atoms with Crippen molar-refractivity contribution in [3.63, 3.8) is 0 Å². The molecule has 1 fully saturated rings. The van der Waals surface area contributed by atoms with Crippen molar-refractivity contribution < 1.29 is 9.72 Å². The summed E-state index contributed by atoms with van der Waals surface area (Å²) in [5.41, 5.74) is 6.68. The van der Waals surface area contributed by atoms with Crippen LogP contribution in [-0.2, 0) is 0 Å². The molecule has 8 heteroatoms. The Bertz CT molecular complexity index is 746. The van der Waals surface area contributed by atoms with E-state index in [-0.39, 0.29) is 11.6 Å². The molecule has 1 saturated heterocycles. The molecule has 7 nitrogen and oxygen atoms in total. The average Bonchev–Trinajstić information content (AvgIpc) is 3.23. The largest absolute Gasteiger partial charge is 0.337 e. The molecule has 0 spiro atoms. The number of carbonyl (C=O) groups excluding carboxylic acids is 1. The van der Waals surface area contributed by atoms with Crippen LogP contribution in [0.4, 0.5) is 5.69 Å². The number of carbonyl (C=O) groups is 1. The standard InChI is InChI=1S/C15H16N4O3S/c16-7-10-4-5-18(8-10)15(20)13-9-23-14(17-13)11-2-1-3-12(6-11)19(21)22/h1-3,6,9-10H,4-5,7-8,16H2. The highest BCUT2D eigenvalue weighted by atomic mass is 32.1. The first-order valence-corrected chi connectivity index (χ1v) is 8.16. The van der Waals surface area contributed by atoms with Crippen LogP contribution >= 0.6 is 11.3 Å². The molecule has 1 unspecified atom stereocenters. The van der Waals surface area contributed by atoms with Gasteiger partial charge in [-0.2, -0.15) is 0 Å². The summed E-state index contributed by atoms with van der Waals surface area (Å²) < 4.78 is 0. The Balaban J connectivity index is 1.79. The van der Waals surface area contributed by atoms with Crippen molar-refractivity contribution in [3.8, 4) is 10.6 Å². The van der Waals surface area contributed by atoms with Gasteiger partial charge in [-0.1, -0.05) is 12.1 Å². The topological polar surface area (TPSA) is 102 Å². The third-order valence-electron chi connectivity index (χ3n) is 3.93. The number of hydrogen-bond donors (Lipinski definition) is 1. The predicted molar refractivity (Wildman–Crippen MR) is 87.3 cm³/mol. The van der Waals surface area contributed by atoms with Gasteiger partial charge >= 0.3 is 0 Å². The zero-order valence-corrected chi connectivity index (χ0v) is 13.2. The molecule has 23 heavy (non-hydrogen) atoms. The Kier molecular flexibility index (Phi) is 4.35. The van der Waals surface area contributed by atoms with E-state index < -0.39 is 4.92 Å². The van der Waals surface area contributed by atoms with E-state index in [0.29, 0.717) is 41.8 Å². The summed E-state index contributed by atoms with van der Waals surface area (Å²) in [4.78, 5) is 29.0. The molecule has 0 aliphatic carbocycles. The lowest BCUT2D eigenvalue weighted by Gasteiger charge is -2.14. The van der Waals surface area contributed by atoms with Gasteiger partial charge in [0.05, 0.1) is 4.92 Å². The summed E-state index contributed by atoms with van der Waals surface area (Å²) >= 11 is 1.31. The van der Waals surface area contributed by atoms with Crippen molar-refractivity contribution in [2.45, 2.75) is 6.42 Å². The Morgan fingerprint density at radius 2 is 2.35 bits per heavy atom. The second-order valence-corrected chi connectivity index (χ2v) is 6.35. The second kappa shape index (κ2) is 6.43. The van der Waals surface area contributed by atoms with Crippen LogP contribution in [0.25, 0.3) is 10.6 Å². The van der Waals surface area contributed by atoms with Gasteiger partial charge in [0, 0.05) is 36.2 Å². The number of non-ortho nitro benzene ring substituents is 1. The number of amides is 1. The SMILES string of the molecule is NCC1CCN(C(=O)c2csc(-c3cccc([N+](=O)[O-])c3)n2)C1. The van der Waals surface area contributed by atoms with Gasteiger partial charge in [0.1, 0.15) is 10.7 Å². The maximum Gasteiger partial charge on any atom is 0.273 e. The first-order valence-electron chi connectivity index (χ1n) is 7.28. The number of aromatic nitrogens is 1. The van der Waals surface area contributed by atoms with Gasteiger partial charge in [0.25, 0.3) is 11.6 Å². The molecule has 2 heterocycles. The van der Waals surface area contributed by atoms with Gasteiger partial charge in [-0.05, 0) is 18.9 Å². The van der Waals surface area contributed by atoms with Crippen LogP contribution in [0, 0.1) is 16.0 Å². The Labute approximate surface area is 136 Å². The minimum absolute atomic E-state index is 0.0101. The fourth-order valence-electron chi connectivity index (χ4n) is 2.63. The zero-order chi connectivity index (χ0) is 16.4. The van der Waals surface area contributed by atoms with Crippen LogP contribution < -0.4 is 5.73 Å². The molecular weight excluding hydrogens is 316 g/mol. The minimum Gasteiger partial charge on any atom is -0.337 e. The number of likely N-dealkylation sites (tertiary alicyclic amines) is 1. The number of nitro groups is 1. The van der Waals surface area contributed by atoms with Crippen LogP contribution in [0.1, 0.15) is 16.9 Å². The van der Waals surface area contributed by atoms with Crippen molar-refractivity contribution in [1.29, 1.82) is 0 Å². The molecule has 3 rings (SSSR count). The molecule has 1 aromatic heterocycles. The minimum atomic E-state index is -0.444. The lowest BCUT2D eigenvalue weighted by molar-refractivity contribution is -0.384. The van der Waals surface area contributed by atoms with Gasteiger partial charge < -0.3 is 10.6 Å². The van der Waals surface area contributed by atoms with E-state index in [1.807, 2.05) is 0 Å². The fraction of sp³-hybridized carbons (Fsp3) is 0.333. The van der Waals surface area contributed by atoms with E-state index in [0.717, 1.165) is 6.42 Å². The summed E-state index contributed by atoms with van der Waals surface area (Å²) in [5.74, 6) is 0.253. The molecule has 120 valence electrons. The Morgan fingerprint density at radius 1 is 1.52 bits per heavy atom. The van der Waals surface area contributed by atoms with Crippen molar-refractivity contribution in [1.82, 2.24) is 9.88 Å². The third-order valence-corrected chi connectivity index (χ3v) is 4.82. The zero-order valence-electron chi connectivity index (χ0n) is 12.3. The van der Waals surface area contributed by atoms with Crippen molar-refractivity contribution in [3.05, 3.63) is 45.5 Å². The van der Waals surface area contributed by atoms with E-state index in [2.05, 4.69) is 4.98 Å². The number of benzene rings is 1. The smallest absolute Gasteiger partial charge is 0.273 e. The molecule has 1 aliphatic rings. The average molecular weight is 332 g/mol. The highest BCUT2D eigenvalue weighted by Crippen LogP contribution is 2.28. The number of rotatable bonds is 4. The molecular formula is C15H16N4O3S. The van der Waals surface area contributed by atoms with Crippen molar-refractivity contribution in [2.24, 2.45) is 11.7 Å². The van der Waals surface area contributed by atoms with Crippen LogP contribution in [0.5, 0.6) is 0 Å². The quantitative estimate of drug-likeness (QED) is 0.682. The predicted octanol–water partition coefficient (Wildman–Crippen LogP) is 2.14. The summed E-state index contributed by atoms with van der Waals surface area (Å²) in [5, 5.41) is 13.2. The van der Waals surface area contributed by atoms with Crippen LogP contribution in [-0.4, -0.2) is 40.3 Å². The summed E-state index contributed by atoms with van der Waals surface area (Å²) in [6.45, 7) is 1.95. The number of nitro benzene ring substituents is 1. The van der Waals surface area contributed by atoms with E-state index in [4.69, 9.17) is 5.73 Å². The third kappa shape index (κ3) is 3.22. The number of nitrogens with two attached hydrogens (primary N) is 1. The Morgan fingerprint density at radius 3 is 3.04 bits per heavy atom. The fourth-order valence-corrected chi connectivity index (χ4v) is 3.42. The first kappa shape index (κ1) is 15.6. The van der Waals surface area contributed by atoms with Gasteiger partial charge in [0.15, 0.2) is 0 Å². The monoisotopic (exact) mass is 332 g/mol. The molecule has 0 bridgehead atoms. The maximum atomic E-state index is 12.4. The van der Waals surface area contributed by atoms with Gasteiger partial charge in [0.2, 0.25) is 0 Å². The van der Waals surface area contributed by atoms with Gasteiger partial charge in [-0.3, -0.25) is 14.9 Å². The molecule has 0 radical (unpaired) electrons. The molecule has 2 N–H and O–H groups in total. The van der Waals surface area contributed by atoms with Crippen molar-refractivity contribution in [2.75, 3.05) is 19.6 Å². The summed E-state index contributed by atoms with van der Waals surface area (Å²) in [6.07, 6.45) is 0.921. The maximum absolute atomic E-state index is 12.4. The number of thiazole rings is 1. The number of nitrogens with zero attached hydrogens (tertiary/aromatic N) is 3. The Hall–Kier alpha value is -2.32. The first-order chi connectivity index (χ1) is 11.1. The molecule has 1 amide bonds.